The van der Waals surface area contributed by atoms with Gasteiger partial charge in [0, 0.05) is 72.4 Å². The summed E-state index contributed by atoms with van der Waals surface area (Å²) in [4.78, 5) is 66.0. The number of alkyl halides is 6. The van der Waals surface area contributed by atoms with E-state index < -0.39 is 41.8 Å². The molecule has 11 aromatic rings. The lowest BCUT2D eigenvalue weighted by Gasteiger charge is -2.27. The Balaban J connectivity index is 0.000000145. The third-order valence-corrected chi connectivity index (χ3v) is 21.4. The highest BCUT2D eigenvalue weighted by molar-refractivity contribution is 6.43. The molecule has 0 radical (unpaired) electrons. The van der Waals surface area contributed by atoms with Crippen LogP contribution in [0.4, 0.5) is 58.6 Å². The van der Waals surface area contributed by atoms with Crippen LogP contribution in [0.25, 0.3) is 33.8 Å². The number of amides is 3. The normalized spacial score (nSPS) is 15.4. The Morgan fingerprint density at radius 3 is 1.22 bits per heavy atom. The number of aromatic nitrogens is 6. The molecule has 4 aliphatic rings. The zero-order valence-electron chi connectivity index (χ0n) is 58.2. The van der Waals surface area contributed by atoms with Crippen molar-refractivity contribution in [1.82, 2.24) is 34.8 Å². The number of benzene rings is 8. The number of rotatable bonds is 15. The predicted molar refractivity (Wildman–Crippen MR) is 414 cm³/mol. The summed E-state index contributed by atoms with van der Waals surface area (Å²) >= 11 is 37.2. The maximum atomic E-state index is 13.2. The van der Waals surface area contributed by atoms with Crippen LogP contribution in [0, 0.1) is 0 Å². The van der Waals surface area contributed by atoms with E-state index in [2.05, 4.69) is 56.8 Å². The zero-order chi connectivity index (χ0) is 77.2. The number of halogens is 12. The van der Waals surface area contributed by atoms with Crippen LogP contribution < -0.4 is 16.0 Å². The van der Waals surface area contributed by atoms with Gasteiger partial charge in [-0.25, -0.2) is 44.3 Å². The van der Waals surface area contributed by atoms with E-state index in [1.54, 1.807) is 36.8 Å². The highest BCUT2D eigenvalue weighted by atomic mass is 35.5. The minimum absolute atomic E-state index is 0.0143. The molecule has 3 N–H and O–H groups in total. The van der Waals surface area contributed by atoms with Crippen LogP contribution in [0.5, 0.6) is 0 Å². The lowest BCUT2D eigenvalue weighted by atomic mass is 9.78. The Morgan fingerprint density at radius 2 is 0.809 bits per heavy atom. The van der Waals surface area contributed by atoms with Gasteiger partial charge in [0.15, 0.2) is 0 Å². The molecule has 3 aliphatic carbocycles. The van der Waals surface area contributed by atoms with Gasteiger partial charge in [-0.3, -0.25) is 20.9 Å². The number of hydrogen-bond donors (Lipinski definition) is 3. The summed E-state index contributed by atoms with van der Waals surface area (Å²) in [6.07, 6.45) is -0.268. The molecule has 564 valence electrons. The smallest absolute Gasteiger partial charge is 0.416 e. The number of carbonyl (C=O) groups excluding carboxylic acids is 3. The van der Waals surface area contributed by atoms with Gasteiger partial charge in [-0.15, -0.1) is 0 Å². The van der Waals surface area contributed by atoms with Crippen LogP contribution in [0.3, 0.4) is 0 Å². The molecule has 0 bridgehead atoms. The van der Waals surface area contributed by atoms with Crippen molar-refractivity contribution < 1.29 is 54.9 Å². The molecule has 4 heterocycles. The van der Waals surface area contributed by atoms with Crippen molar-refractivity contribution >= 4 is 106 Å². The molecule has 16 nitrogen and oxygen atoms in total. The molecule has 15 rings (SSSR count). The number of nitrogens with one attached hydrogen (secondary N) is 3. The first-order valence-corrected chi connectivity index (χ1v) is 37.3. The molecule has 0 spiro atoms. The van der Waals surface area contributed by atoms with Crippen LogP contribution in [0.2, 0.25) is 30.1 Å². The second-order valence-corrected chi connectivity index (χ2v) is 28.7. The number of anilines is 3. The average Bonchev–Trinajstić information content (AvgIpc) is 0.769. The van der Waals surface area contributed by atoms with Crippen molar-refractivity contribution in [3.63, 3.8) is 0 Å². The van der Waals surface area contributed by atoms with Crippen LogP contribution in [-0.2, 0) is 58.7 Å². The number of carbonyl (C=O) groups is 3. The summed E-state index contributed by atoms with van der Waals surface area (Å²) in [7, 11) is 0. The van der Waals surface area contributed by atoms with Crippen LogP contribution in [0.1, 0.15) is 109 Å². The van der Waals surface area contributed by atoms with E-state index in [-0.39, 0.29) is 67.2 Å². The zero-order valence-corrected chi connectivity index (χ0v) is 62.8. The molecule has 3 amide bonds. The summed E-state index contributed by atoms with van der Waals surface area (Å²) in [5.74, 6) is 0.491. The fourth-order valence-electron chi connectivity index (χ4n) is 13.9. The van der Waals surface area contributed by atoms with E-state index in [9.17, 15) is 40.7 Å². The van der Waals surface area contributed by atoms with E-state index in [0.717, 1.165) is 117 Å². The molecule has 1 saturated heterocycles. The molecule has 1 aliphatic heterocycles. The Labute approximate surface area is 658 Å². The van der Waals surface area contributed by atoms with Gasteiger partial charge in [-0.2, -0.15) is 26.3 Å². The maximum Gasteiger partial charge on any atom is 0.416 e. The second-order valence-electron chi connectivity index (χ2n) is 26.3. The SMILES string of the molecule is O=C(Nc1ncc2c(n1)-c1ccccc1C(c1ccc(Cl)c(Cl)c1)C2)OCCN1CCCCC1.O=C(Nc1ncc2c(n1)-c1ccccc1C(c1ccc(Cl)c(Cl)c1)C2)OCCc1cccc(C(F)(F)F)c1.O=C(Nc1ncc2c(n1)-c1ccccc1C(c1ccc(Cl)c(Cl)c1)C2)OCCc1ccccc1C(F)(F)F. The highest BCUT2D eigenvalue weighted by Gasteiger charge is 2.35. The van der Waals surface area contributed by atoms with Crippen molar-refractivity contribution in [1.29, 1.82) is 0 Å². The van der Waals surface area contributed by atoms with Crippen molar-refractivity contribution in [2.75, 3.05) is 55.4 Å². The van der Waals surface area contributed by atoms with Crippen molar-refractivity contribution in [3.8, 4) is 33.8 Å². The first-order valence-electron chi connectivity index (χ1n) is 35.0. The number of hydrogen-bond acceptors (Lipinski definition) is 13. The van der Waals surface area contributed by atoms with Gasteiger partial charge in [-0.05, 0) is 155 Å². The predicted octanol–water partition coefficient (Wildman–Crippen LogP) is 22.1. The summed E-state index contributed by atoms with van der Waals surface area (Å²) in [6, 6.07) is 50.9. The number of piperidine rings is 1. The van der Waals surface area contributed by atoms with E-state index in [1.165, 1.54) is 43.5 Å². The van der Waals surface area contributed by atoms with Gasteiger partial charge in [0.05, 0.1) is 71.6 Å². The van der Waals surface area contributed by atoms with Gasteiger partial charge in [0.1, 0.15) is 6.61 Å². The van der Waals surface area contributed by atoms with Gasteiger partial charge in [-0.1, -0.05) is 203 Å². The van der Waals surface area contributed by atoms with Gasteiger partial charge in [0.2, 0.25) is 17.8 Å². The Hall–Kier alpha value is -9.91. The molecule has 8 aromatic carbocycles. The van der Waals surface area contributed by atoms with Crippen molar-refractivity contribution in [2.24, 2.45) is 0 Å². The third kappa shape index (κ3) is 19.1. The van der Waals surface area contributed by atoms with Crippen LogP contribution in [-0.4, -0.2) is 92.5 Å². The van der Waals surface area contributed by atoms with Gasteiger partial charge < -0.3 is 14.2 Å². The molecule has 0 saturated carbocycles. The summed E-state index contributed by atoms with van der Waals surface area (Å²) in [5.41, 5.74) is 13.2. The standard InChI is InChI=1S/2C28H20Cl2F3N3O2.C26H26Cl2N4O2/c29-23-10-9-17(14-24(23)30)21-13-18-15-34-26(35-25(18)20-7-3-2-6-19(20)21)36-27(37)38-12-11-16-5-1-4-8-22(16)28(31,32)33;29-23-9-8-17(14-24(23)30)22-13-18-15-34-26(35-25(18)21-7-2-1-6-20(21)22)36-27(37)38-11-10-16-4-3-5-19(12-16)28(31,32)33;27-22-9-8-17(15-23(22)28)21-14-18-16-29-25(30-24(18)20-7-3-2-6-19(20)21)31-26(33)34-13-12-32-10-4-1-5-11-32/h1-10,14-15,21H,11-13H2,(H,34,35,36,37);1-9,12,14-15,22H,10-11,13H2,(H,34,35,36,37);2-3,6-9,15-16,21H,1,4-5,10-14H2,(H,29,30,31,33). The monoisotopic (exact) mass is 1610 g/mol. The summed E-state index contributed by atoms with van der Waals surface area (Å²) in [6.45, 7) is 2.90. The van der Waals surface area contributed by atoms with Crippen LogP contribution >= 0.6 is 69.6 Å². The number of nitrogens with zero attached hydrogens (tertiary/aromatic N) is 7. The van der Waals surface area contributed by atoms with E-state index in [4.69, 9.17) is 83.8 Å². The van der Waals surface area contributed by atoms with Crippen LogP contribution in [0.15, 0.2) is 195 Å². The molecular weight excluding hydrogens is 1550 g/mol. The molecule has 110 heavy (non-hydrogen) atoms. The van der Waals surface area contributed by atoms with Gasteiger partial charge >= 0.3 is 30.6 Å². The summed E-state index contributed by atoms with van der Waals surface area (Å²) < 4.78 is 93.8. The first kappa shape index (κ1) is 78.2. The average molecular weight is 1610 g/mol. The molecule has 3 atom stereocenters. The quantitative estimate of drug-likeness (QED) is 0.0648. The Bertz CT molecular complexity index is 5230. The fourth-order valence-corrected chi connectivity index (χ4v) is 14.9. The molecule has 3 aromatic heterocycles. The lowest BCUT2D eigenvalue weighted by molar-refractivity contribution is -0.138. The Morgan fingerprint density at radius 1 is 0.418 bits per heavy atom. The topological polar surface area (TPSA) is 196 Å². The Kier molecular flexibility index (Phi) is 24.9. The third-order valence-electron chi connectivity index (χ3n) is 19.2. The largest absolute Gasteiger partial charge is 0.449 e. The minimum atomic E-state index is -4.48. The van der Waals surface area contributed by atoms with E-state index >= 15 is 0 Å². The molecule has 3 unspecified atom stereocenters. The van der Waals surface area contributed by atoms with Crippen molar-refractivity contribution in [2.45, 2.75) is 81.5 Å². The number of likely N-dealkylation sites (tertiary alicyclic amines) is 1. The minimum Gasteiger partial charge on any atom is -0.449 e. The fraction of sp³-hybridized carbons (Fsp3) is 0.232. The first-order chi connectivity index (χ1) is 53.0. The highest BCUT2D eigenvalue weighted by Crippen LogP contribution is 2.47. The molecule has 28 heteroatoms. The second kappa shape index (κ2) is 35.0. The summed E-state index contributed by atoms with van der Waals surface area (Å²) in [5, 5.41) is 10.7. The maximum absolute atomic E-state index is 13.2. The van der Waals surface area contributed by atoms with E-state index in [1.807, 2.05) is 109 Å². The molecule has 1 fully saturated rings. The lowest BCUT2D eigenvalue weighted by Crippen LogP contribution is -2.33. The number of fused-ring (bicyclic) bond motifs is 9. The number of ether oxygens (including phenoxy) is 3. The van der Waals surface area contributed by atoms with Crippen molar-refractivity contribution in [3.05, 3.63) is 297 Å². The van der Waals surface area contributed by atoms with E-state index in [0.29, 0.717) is 66.5 Å². The van der Waals surface area contributed by atoms with Gasteiger partial charge in [0.25, 0.3) is 0 Å². The molecular formula is C82H66Cl6F6N10O6.